The van der Waals surface area contributed by atoms with Crippen LogP contribution in [0.4, 0.5) is 0 Å². The van der Waals surface area contributed by atoms with E-state index in [-0.39, 0.29) is 0 Å². The van der Waals surface area contributed by atoms with Crippen LogP contribution in [0.3, 0.4) is 0 Å². The van der Waals surface area contributed by atoms with Gasteiger partial charge in [-0.25, -0.2) is 0 Å². The summed E-state index contributed by atoms with van der Waals surface area (Å²) >= 11 is 0. The molecule has 0 aliphatic rings. The van der Waals surface area contributed by atoms with Gasteiger partial charge in [-0.05, 0) is 31.6 Å². The Morgan fingerprint density at radius 2 is 2.12 bits per heavy atom. The molecule has 0 saturated carbocycles. The second-order valence-corrected chi connectivity index (χ2v) is 4.06. The van der Waals surface area contributed by atoms with Crippen LogP contribution < -0.4 is 5.32 Å². The molecule has 3 nitrogen and oxygen atoms in total. The molecule has 0 spiro atoms. The molecule has 1 aromatic rings. The van der Waals surface area contributed by atoms with Gasteiger partial charge in [0, 0.05) is 0 Å². The zero-order valence-corrected chi connectivity index (χ0v) is 10.8. The van der Waals surface area contributed by atoms with Gasteiger partial charge in [0.05, 0.1) is 19.6 Å². The largest absolute Gasteiger partial charge is 0.463 e. The van der Waals surface area contributed by atoms with E-state index in [9.17, 15) is 0 Å². The molecule has 0 bridgehead atoms. The summed E-state index contributed by atoms with van der Waals surface area (Å²) in [4.78, 5) is 2.22. The zero-order valence-electron chi connectivity index (χ0n) is 10.8. The Morgan fingerprint density at radius 1 is 1.35 bits per heavy atom. The third-order valence-corrected chi connectivity index (χ3v) is 2.50. The lowest BCUT2D eigenvalue weighted by Gasteiger charge is -2.16. The summed E-state index contributed by atoms with van der Waals surface area (Å²) in [5.41, 5.74) is 0. The van der Waals surface area contributed by atoms with Crippen molar-refractivity contribution in [1.82, 2.24) is 10.2 Å². The van der Waals surface area contributed by atoms with Gasteiger partial charge in [-0.2, -0.15) is 0 Å². The molecule has 0 fully saturated rings. The highest BCUT2D eigenvalue weighted by Gasteiger charge is 2.07. The van der Waals surface area contributed by atoms with Gasteiger partial charge in [0.25, 0.3) is 0 Å². The average Bonchev–Trinajstić information content (AvgIpc) is 2.75. The smallest absolute Gasteiger partial charge is 0.118 e. The van der Waals surface area contributed by atoms with Crippen LogP contribution in [0.15, 0.2) is 16.5 Å². The monoisotopic (exact) mass is 234 g/mol. The van der Waals surface area contributed by atoms with Crippen molar-refractivity contribution in [3.05, 3.63) is 23.7 Å². The van der Waals surface area contributed by atoms with Crippen molar-refractivity contribution in [2.24, 2.45) is 0 Å². The summed E-state index contributed by atoms with van der Waals surface area (Å²) in [5, 5.41) is 3.24. The Morgan fingerprint density at radius 3 is 2.76 bits per heavy atom. The average molecular weight is 234 g/mol. The molecule has 0 atom stereocenters. The summed E-state index contributed by atoms with van der Waals surface area (Å²) in [7, 11) is 0. The standard InChI is InChI=1S/C14H22N2O/c1-4-9-16(10-5-2)12-14-8-7-13(17-14)11-15-6-3/h1,7-8,15H,5-6,9-12H2,2-3H3. The van der Waals surface area contributed by atoms with E-state index in [0.717, 1.165) is 44.1 Å². The molecule has 0 aliphatic carbocycles. The highest BCUT2D eigenvalue weighted by atomic mass is 16.3. The molecular weight excluding hydrogens is 212 g/mol. The number of hydrogen-bond donors (Lipinski definition) is 1. The van der Waals surface area contributed by atoms with Crippen LogP contribution in [0.2, 0.25) is 0 Å². The van der Waals surface area contributed by atoms with E-state index in [1.807, 2.05) is 12.1 Å². The molecule has 0 saturated heterocycles. The fourth-order valence-electron chi connectivity index (χ4n) is 1.73. The molecule has 3 heteroatoms. The molecule has 0 aliphatic heterocycles. The first kappa shape index (κ1) is 13.8. The second-order valence-electron chi connectivity index (χ2n) is 4.06. The van der Waals surface area contributed by atoms with Crippen LogP contribution in [0.5, 0.6) is 0 Å². The van der Waals surface area contributed by atoms with Crippen LogP contribution in [0.1, 0.15) is 31.8 Å². The lowest BCUT2D eigenvalue weighted by molar-refractivity contribution is 0.268. The van der Waals surface area contributed by atoms with Gasteiger partial charge >= 0.3 is 0 Å². The summed E-state index contributed by atoms with van der Waals surface area (Å²) in [6.45, 7) is 8.46. The van der Waals surface area contributed by atoms with Crippen molar-refractivity contribution in [2.45, 2.75) is 33.4 Å². The zero-order chi connectivity index (χ0) is 12.5. The SMILES string of the molecule is C#CCN(CCC)Cc1ccc(CNCC)o1. The summed E-state index contributed by atoms with van der Waals surface area (Å²) in [6, 6.07) is 4.06. The van der Waals surface area contributed by atoms with Gasteiger partial charge in [0.15, 0.2) is 0 Å². The quantitative estimate of drug-likeness (QED) is 0.699. The van der Waals surface area contributed by atoms with Gasteiger partial charge < -0.3 is 9.73 Å². The molecule has 94 valence electrons. The van der Waals surface area contributed by atoms with Crippen LogP contribution in [-0.4, -0.2) is 24.5 Å². The molecule has 17 heavy (non-hydrogen) atoms. The van der Waals surface area contributed by atoms with Gasteiger partial charge in [-0.3, -0.25) is 4.90 Å². The van der Waals surface area contributed by atoms with Crippen molar-refractivity contribution < 1.29 is 4.42 Å². The lowest BCUT2D eigenvalue weighted by Crippen LogP contribution is -2.24. The van der Waals surface area contributed by atoms with E-state index >= 15 is 0 Å². The van der Waals surface area contributed by atoms with Gasteiger partial charge in [0.1, 0.15) is 11.5 Å². The maximum Gasteiger partial charge on any atom is 0.118 e. The first-order valence-corrected chi connectivity index (χ1v) is 6.24. The van der Waals surface area contributed by atoms with Gasteiger partial charge in [-0.1, -0.05) is 19.8 Å². The van der Waals surface area contributed by atoms with E-state index in [0.29, 0.717) is 6.54 Å². The Kier molecular flexibility index (Phi) is 6.46. The molecule has 1 aromatic heterocycles. The molecule has 0 amide bonds. The van der Waals surface area contributed by atoms with Crippen LogP contribution in [0.25, 0.3) is 0 Å². The highest BCUT2D eigenvalue weighted by Crippen LogP contribution is 2.10. The Labute approximate surface area is 104 Å². The summed E-state index contributed by atoms with van der Waals surface area (Å²) in [5.74, 6) is 4.66. The van der Waals surface area contributed by atoms with Gasteiger partial charge in [-0.15, -0.1) is 6.42 Å². The van der Waals surface area contributed by atoms with Crippen molar-refractivity contribution in [2.75, 3.05) is 19.6 Å². The van der Waals surface area contributed by atoms with E-state index in [1.54, 1.807) is 0 Å². The van der Waals surface area contributed by atoms with Crippen molar-refractivity contribution in [1.29, 1.82) is 0 Å². The number of hydrogen-bond acceptors (Lipinski definition) is 3. The van der Waals surface area contributed by atoms with E-state index < -0.39 is 0 Å². The predicted molar refractivity (Wildman–Crippen MR) is 70.5 cm³/mol. The van der Waals surface area contributed by atoms with E-state index in [2.05, 4.69) is 30.0 Å². The summed E-state index contributed by atoms with van der Waals surface area (Å²) < 4.78 is 5.74. The molecule has 0 unspecified atom stereocenters. The Balaban J connectivity index is 2.48. The number of furan rings is 1. The number of rotatable bonds is 8. The maximum atomic E-state index is 5.74. The van der Waals surface area contributed by atoms with Crippen LogP contribution >= 0.6 is 0 Å². The fraction of sp³-hybridized carbons (Fsp3) is 0.571. The molecule has 1 rings (SSSR count). The Bertz CT molecular complexity index is 351. The summed E-state index contributed by atoms with van der Waals surface area (Å²) in [6.07, 6.45) is 6.46. The number of terminal acetylenes is 1. The third kappa shape index (κ3) is 5.08. The number of nitrogens with zero attached hydrogens (tertiary/aromatic N) is 1. The van der Waals surface area contributed by atoms with Gasteiger partial charge in [0.2, 0.25) is 0 Å². The van der Waals surface area contributed by atoms with Crippen LogP contribution in [-0.2, 0) is 13.1 Å². The first-order valence-electron chi connectivity index (χ1n) is 6.24. The number of nitrogens with one attached hydrogen (secondary N) is 1. The minimum absolute atomic E-state index is 0.678. The third-order valence-electron chi connectivity index (χ3n) is 2.50. The fourth-order valence-corrected chi connectivity index (χ4v) is 1.73. The minimum atomic E-state index is 0.678. The topological polar surface area (TPSA) is 28.4 Å². The van der Waals surface area contributed by atoms with Crippen molar-refractivity contribution >= 4 is 0 Å². The molecular formula is C14H22N2O. The van der Waals surface area contributed by atoms with Crippen molar-refractivity contribution in [3.8, 4) is 12.3 Å². The molecule has 1 heterocycles. The highest BCUT2D eigenvalue weighted by molar-refractivity contribution is 5.07. The Hall–Kier alpha value is -1.24. The second kappa shape index (κ2) is 7.94. The lowest BCUT2D eigenvalue weighted by atomic mass is 10.3. The molecule has 0 aromatic carbocycles. The molecule has 1 N–H and O–H groups in total. The maximum absolute atomic E-state index is 5.74. The minimum Gasteiger partial charge on any atom is -0.463 e. The predicted octanol–water partition coefficient (Wildman–Crippen LogP) is 2.23. The molecule has 0 radical (unpaired) electrons. The van der Waals surface area contributed by atoms with E-state index in [1.165, 1.54) is 0 Å². The first-order chi connectivity index (χ1) is 8.30. The normalized spacial score (nSPS) is 10.7. The van der Waals surface area contributed by atoms with E-state index in [4.69, 9.17) is 10.8 Å². The van der Waals surface area contributed by atoms with Crippen molar-refractivity contribution in [3.63, 3.8) is 0 Å². The van der Waals surface area contributed by atoms with Crippen LogP contribution in [0, 0.1) is 12.3 Å².